The Balaban J connectivity index is 0.00000261. The number of halogens is 2. The topological polar surface area (TPSA) is 66.6 Å². The number of hydrogen-bond acceptors (Lipinski definition) is 3. The summed E-state index contributed by atoms with van der Waals surface area (Å²) in [6, 6.07) is 16.5. The van der Waals surface area contributed by atoms with Crippen molar-refractivity contribution in [3.63, 3.8) is 0 Å². The zero-order valence-electron chi connectivity index (χ0n) is 14.9. The number of hydrogen-bond donors (Lipinski definition) is 1. The smallest absolute Gasteiger partial charge is 0.242 e. The Morgan fingerprint density at radius 2 is 1.70 bits per heavy atom. The Morgan fingerprint density at radius 1 is 1.04 bits per heavy atom. The van der Waals surface area contributed by atoms with E-state index in [-0.39, 0.29) is 30.8 Å². The van der Waals surface area contributed by atoms with Gasteiger partial charge in [-0.2, -0.15) is 0 Å². The third-order valence-corrected chi connectivity index (χ3v) is 4.78. The van der Waals surface area contributed by atoms with Crippen LogP contribution in [-0.4, -0.2) is 47.3 Å². The molecule has 0 aromatic heterocycles. The highest BCUT2D eigenvalue weighted by Gasteiger charge is 2.29. The van der Waals surface area contributed by atoms with Crippen LogP contribution in [0.2, 0.25) is 5.02 Å². The van der Waals surface area contributed by atoms with Crippen molar-refractivity contribution < 1.29 is 9.59 Å². The van der Waals surface area contributed by atoms with Gasteiger partial charge in [0.15, 0.2) is 0 Å². The van der Waals surface area contributed by atoms with Gasteiger partial charge in [-0.25, -0.2) is 0 Å². The van der Waals surface area contributed by atoms with Crippen LogP contribution in [-0.2, 0) is 22.6 Å². The summed E-state index contributed by atoms with van der Waals surface area (Å²) in [5.74, 6) is -0.236. The van der Waals surface area contributed by atoms with E-state index in [1.165, 1.54) is 0 Å². The third-order valence-electron chi connectivity index (χ3n) is 4.53. The fourth-order valence-corrected chi connectivity index (χ4v) is 3.19. The molecule has 5 nitrogen and oxygen atoms in total. The minimum absolute atomic E-state index is 0. The molecule has 0 radical (unpaired) electrons. The molecule has 2 N–H and O–H groups in total. The van der Waals surface area contributed by atoms with Crippen molar-refractivity contribution in [1.29, 1.82) is 0 Å². The Morgan fingerprint density at radius 3 is 2.33 bits per heavy atom. The number of carbonyl (C=O) groups is 2. The van der Waals surface area contributed by atoms with Crippen molar-refractivity contribution in [3.8, 4) is 0 Å². The average molecular weight is 408 g/mol. The van der Waals surface area contributed by atoms with Crippen LogP contribution in [0.1, 0.15) is 11.1 Å². The molecule has 0 spiro atoms. The summed E-state index contributed by atoms with van der Waals surface area (Å²) in [5, 5.41) is 0.669. The first-order valence-corrected chi connectivity index (χ1v) is 9.01. The molecule has 0 aliphatic carbocycles. The molecule has 0 saturated carbocycles. The fraction of sp³-hybridized carbons (Fsp3) is 0.300. The molecular formula is C20H23Cl2N3O2. The minimum Gasteiger partial charge on any atom is -0.335 e. The van der Waals surface area contributed by atoms with Crippen LogP contribution in [0.4, 0.5) is 0 Å². The molecule has 1 saturated heterocycles. The normalized spacial score (nSPS) is 15.3. The van der Waals surface area contributed by atoms with Gasteiger partial charge in [0.2, 0.25) is 11.8 Å². The van der Waals surface area contributed by atoms with E-state index in [9.17, 15) is 9.59 Å². The molecule has 1 atom stereocenters. The van der Waals surface area contributed by atoms with Crippen LogP contribution in [0.15, 0.2) is 54.6 Å². The number of piperazine rings is 1. The highest BCUT2D eigenvalue weighted by Crippen LogP contribution is 2.14. The first kappa shape index (κ1) is 21.2. The maximum Gasteiger partial charge on any atom is 0.242 e. The molecule has 3 rings (SSSR count). The van der Waals surface area contributed by atoms with Gasteiger partial charge in [-0.15, -0.1) is 12.4 Å². The predicted octanol–water partition coefficient (Wildman–Crippen LogP) is 2.50. The summed E-state index contributed by atoms with van der Waals surface area (Å²) in [6.07, 6.45) is 0.471. The summed E-state index contributed by atoms with van der Waals surface area (Å²) >= 11 is 5.89. The Labute approximate surface area is 170 Å². The van der Waals surface area contributed by atoms with Crippen molar-refractivity contribution in [3.05, 3.63) is 70.7 Å². The number of nitrogens with two attached hydrogens (primary N) is 1. The van der Waals surface area contributed by atoms with Crippen molar-refractivity contribution in [1.82, 2.24) is 9.80 Å². The largest absolute Gasteiger partial charge is 0.335 e. The van der Waals surface area contributed by atoms with Crippen LogP contribution in [0.25, 0.3) is 0 Å². The first-order chi connectivity index (χ1) is 12.5. The molecule has 7 heteroatoms. The van der Waals surface area contributed by atoms with Gasteiger partial charge >= 0.3 is 0 Å². The standard InChI is InChI=1S/C20H22ClN3O2.ClH/c21-17-8-6-16(7-9-17)13-23-10-11-24(14-19(23)25)20(26)18(22)12-15-4-2-1-3-5-15;/h1-9,18H,10-14,22H2;1H/t18-;/m0./s1. The van der Waals surface area contributed by atoms with Gasteiger partial charge < -0.3 is 15.5 Å². The van der Waals surface area contributed by atoms with Crippen LogP contribution in [0.3, 0.4) is 0 Å². The van der Waals surface area contributed by atoms with Crippen LogP contribution < -0.4 is 5.73 Å². The summed E-state index contributed by atoms with van der Waals surface area (Å²) < 4.78 is 0. The number of benzene rings is 2. The number of rotatable bonds is 5. The van der Waals surface area contributed by atoms with Crippen LogP contribution in [0.5, 0.6) is 0 Å². The minimum atomic E-state index is -0.631. The van der Waals surface area contributed by atoms with Crippen molar-refractivity contribution >= 4 is 35.8 Å². The lowest BCUT2D eigenvalue weighted by atomic mass is 10.1. The van der Waals surface area contributed by atoms with Crippen molar-refractivity contribution in [2.45, 2.75) is 19.0 Å². The van der Waals surface area contributed by atoms with Gasteiger partial charge in [0, 0.05) is 24.7 Å². The maximum absolute atomic E-state index is 12.6. The number of amides is 2. The van der Waals surface area contributed by atoms with Crippen LogP contribution in [0, 0.1) is 0 Å². The molecule has 144 valence electrons. The predicted molar refractivity (Wildman–Crippen MR) is 109 cm³/mol. The zero-order valence-corrected chi connectivity index (χ0v) is 16.5. The van der Waals surface area contributed by atoms with E-state index in [2.05, 4.69) is 0 Å². The lowest BCUT2D eigenvalue weighted by Crippen LogP contribution is -2.55. The van der Waals surface area contributed by atoms with Gasteiger partial charge in [0.1, 0.15) is 0 Å². The number of nitrogens with zero attached hydrogens (tertiary/aromatic N) is 2. The lowest BCUT2D eigenvalue weighted by molar-refractivity contribution is -0.146. The molecule has 1 fully saturated rings. The fourth-order valence-electron chi connectivity index (χ4n) is 3.06. The highest BCUT2D eigenvalue weighted by atomic mass is 35.5. The molecular weight excluding hydrogens is 385 g/mol. The number of carbonyl (C=O) groups excluding carboxylic acids is 2. The van der Waals surface area contributed by atoms with E-state index in [1.54, 1.807) is 9.80 Å². The summed E-state index contributed by atoms with van der Waals surface area (Å²) in [4.78, 5) is 28.3. The van der Waals surface area contributed by atoms with Crippen molar-refractivity contribution in [2.75, 3.05) is 19.6 Å². The van der Waals surface area contributed by atoms with E-state index in [1.807, 2.05) is 54.6 Å². The first-order valence-electron chi connectivity index (χ1n) is 8.63. The van der Waals surface area contributed by atoms with Gasteiger partial charge in [-0.05, 0) is 29.7 Å². The molecule has 2 amide bonds. The quantitative estimate of drug-likeness (QED) is 0.827. The molecule has 2 aromatic rings. The zero-order chi connectivity index (χ0) is 18.5. The Kier molecular flexibility index (Phi) is 7.66. The molecule has 1 aliphatic heterocycles. The van der Waals surface area contributed by atoms with E-state index < -0.39 is 6.04 Å². The molecule has 1 aliphatic rings. The average Bonchev–Trinajstić information content (AvgIpc) is 2.65. The van der Waals surface area contributed by atoms with E-state index >= 15 is 0 Å². The SMILES string of the molecule is Cl.N[C@@H](Cc1ccccc1)C(=O)N1CCN(Cc2ccc(Cl)cc2)C(=O)C1. The molecule has 0 bridgehead atoms. The Hall–Kier alpha value is -2.08. The lowest BCUT2D eigenvalue weighted by Gasteiger charge is -2.35. The highest BCUT2D eigenvalue weighted by molar-refractivity contribution is 6.30. The second kappa shape index (κ2) is 9.74. The van der Waals surface area contributed by atoms with Crippen LogP contribution >= 0.6 is 24.0 Å². The van der Waals surface area contributed by atoms with Gasteiger partial charge in [-0.1, -0.05) is 54.1 Å². The second-order valence-electron chi connectivity index (χ2n) is 6.50. The Bertz CT molecular complexity index is 769. The molecule has 27 heavy (non-hydrogen) atoms. The summed E-state index contributed by atoms with van der Waals surface area (Å²) in [5.41, 5.74) is 8.10. The summed E-state index contributed by atoms with van der Waals surface area (Å²) in [6.45, 7) is 1.61. The molecule has 1 heterocycles. The van der Waals surface area contributed by atoms with Crippen molar-refractivity contribution in [2.24, 2.45) is 5.73 Å². The summed E-state index contributed by atoms with van der Waals surface area (Å²) in [7, 11) is 0. The van der Waals surface area contributed by atoms with E-state index in [0.29, 0.717) is 31.1 Å². The van der Waals surface area contributed by atoms with Gasteiger partial charge in [-0.3, -0.25) is 9.59 Å². The van der Waals surface area contributed by atoms with E-state index in [0.717, 1.165) is 11.1 Å². The monoisotopic (exact) mass is 407 g/mol. The van der Waals surface area contributed by atoms with Gasteiger partial charge in [0.25, 0.3) is 0 Å². The molecule has 2 aromatic carbocycles. The second-order valence-corrected chi connectivity index (χ2v) is 6.93. The van der Waals surface area contributed by atoms with E-state index in [4.69, 9.17) is 17.3 Å². The molecule has 0 unspecified atom stereocenters. The maximum atomic E-state index is 12.6. The van der Waals surface area contributed by atoms with Gasteiger partial charge in [0.05, 0.1) is 12.6 Å². The third kappa shape index (κ3) is 5.70.